The molecule has 7 nitrogen and oxygen atoms in total. The molecule has 0 unspecified atom stereocenters. The van der Waals surface area contributed by atoms with E-state index in [9.17, 15) is 9.59 Å². The van der Waals surface area contributed by atoms with Gasteiger partial charge in [-0.2, -0.15) is 0 Å². The van der Waals surface area contributed by atoms with E-state index in [0.717, 1.165) is 35.5 Å². The summed E-state index contributed by atoms with van der Waals surface area (Å²) in [6, 6.07) is 7.25. The molecule has 1 atom stereocenters. The summed E-state index contributed by atoms with van der Waals surface area (Å²) in [5.74, 6) is 0.696. The monoisotopic (exact) mass is 354 g/mol. The Bertz CT molecular complexity index is 860. The summed E-state index contributed by atoms with van der Waals surface area (Å²) in [7, 11) is 0. The van der Waals surface area contributed by atoms with Gasteiger partial charge in [-0.3, -0.25) is 9.69 Å². The Balaban J connectivity index is 1.62. The zero-order chi connectivity index (χ0) is 18.3. The van der Waals surface area contributed by atoms with Gasteiger partial charge in [0.05, 0.1) is 11.7 Å². The second-order valence-electron chi connectivity index (χ2n) is 6.91. The van der Waals surface area contributed by atoms with Crippen molar-refractivity contribution in [1.29, 1.82) is 0 Å². The van der Waals surface area contributed by atoms with Crippen LogP contribution in [0.3, 0.4) is 0 Å². The van der Waals surface area contributed by atoms with Crippen LogP contribution >= 0.6 is 0 Å². The SMILES string of the molecule is Cc1cc([C@@H]2CCCN2C(=O)c2ccc(C)c(N3CCNC3=O)c2)on1. The molecule has 1 N–H and O–H groups in total. The summed E-state index contributed by atoms with van der Waals surface area (Å²) in [4.78, 5) is 28.7. The molecule has 1 aromatic heterocycles. The Morgan fingerprint density at radius 3 is 2.81 bits per heavy atom. The Hall–Kier alpha value is -2.83. The minimum atomic E-state index is -0.117. The van der Waals surface area contributed by atoms with Crippen LogP contribution in [0.2, 0.25) is 0 Å². The van der Waals surface area contributed by atoms with Crippen LogP contribution in [0.4, 0.5) is 10.5 Å². The molecule has 0 aliphatic carbocycles. The number of carbonyl (C=O) groups excluding carboxylic acids is 2. The van der Waals surface area contributed by atoms with E-state index < -0.39 is 0 Å². The van der Waals surface area contributed by atoms with E-state index in [2.05, 4.69) is 10.5 Å². The number of amides is 3. The Kier molecular flexibility index (Phi) is 4.14. The van der Waals surface area contributed by atoms with E-state index in [4.69, 9.17) is 4.52 Å². The summed E-state index contributed by atoms with van der Waals surface area (Å²) in [5.41, 5.74) is 3.17. The normalized spacial score (nSPS) is 19.9. The number of aromatic nitrogens is 1. The first-order valence-electron chi connectivity index (χ1n) is 8.95. The van der Waals surface area contributed by atoms with Crippen molar-refractivity contribution in [3.63, 3.8) is 0 Å². The number of rotatable bonds is 3. The van der Waals surface area contributed by atoms with Crippen LogP contribution in [0.1, 0.15) is 46.3 Å². The third-order valence-electron chi connectivity index (χ3n) is 5.09. The molecule has 0 spiro atoms. The van der Waals surface area contributed by atoms with Crippen molar-refractivity contribution in [1.82, 2.24) is 15.4 Å². The number of urea groups is 1. The van der Waals surface area contributed by atoms with Crippen molar-refractivity contribution in [3.8, 4) is 0 Å². The van der Waals surface area contributed by atoms with E-state index in [0.29, 0.717) is 25.2 Å². The molecule has 136 valence electrons. The van der Waals surface area contributed by atoms with E-state index >= 15 is 0 Å². The first-order valence-corrected chi connectivity index (χ1v) is 8.95. The summed E-state index contributed by atoms with van der Waals surface area (Å²) in [6.45, 7) is 5.75. The van der Waals surface area contributed by atoms with Crippen LogP contribution in [0, 0.1) is 13.8 Å². The van der Waals surface area contributed by atoms with Gasteiger partial charge in [-0.1, -0.05) is 11.2 Å². The third-order valence-corrected chi connectivity index (χ3v) is 5.09. The van der Waals surface area contributed by atoms with Gasteiger partial charge in [-0.15, -0.1) is 0 Å². The highest BCUT2D eigenvalue weighted by molar-refractivity contribution is 5.99. The predicted molar refractivity (Wildman–Crippen MR) is 96.2 cm³/mol. The molecule has 4 rings (SSSR count). The molecular formula is C19H22N4O3. The number of aryl methyl sites for hydroxylation is 2. The first kappa shape index (κ1) is 16.6. The molecule has 3 heterocycles. The second-order valence-corrected chi connectivity index (χ2v) is 6.91. The summed E-state index contributed by atoms with van der Waals surface area (Å²) in [6.07, 6.45) is 1.80. The Morgan fingerprint density at radius 2 is 2.12 bits per heavy atom. The van der Waals surface area contributed by atoms with Gasteiger partial charge in [-0.25, -0.2) is 4.79 Å². The van der Waals surface area contributed by atoms with Gasteiger partial charge in [0.1, 0.15) is 0 Å². The van der Waals surface area contributed by atoms with Crippen LogP contribution in [0.25, 0.3) is 0 Å². The minimum absolute atomic E-state index is 0.0394. The maximum atomic E-state index is 13.1. The van der Waals surface area contributed by atoms with Crippen LogP contribution in [-0.4, -0.2) is 41.6 Å². The molecule has 7 heteroatoms. The van der Waals surface area contributed by atoms with Crippen LogP contribution in [-0.2, 0) is 0 Å². The molecular weight excluding hydrogens is 332 g/mol. The fourth-order valence-electron chi connectivity index (χ4n) is 3.75. The van der Waals surface area contributed by atoms with Crippen LogP contribution in [0.15, 0.2) is 28.8 Å². The summed E-state index contributed by atoms with van der Waals surface area (Å²) < 4.78 is 5.40. The number of nitrogens with zero attached hydrogens (tertiary/aromatic N) is 3. The molecule has 1 aromatic carbocycles. The number of hydrogen-bond acceptors (Lipinski definition) is 4. The van der Waals surface area contributed by atoms with Crippen LogP contribution < -0.4 is 10.2 Å². The summed E-state index contributed by atoms with van der Waals surface area (Å²) in [5, 5.41) is 6.75. The number of nitrogens with one attached hydrogen (secondary N) is 1. The number of anilines is 1. The van der Waals surface area contributed by atoms with Gasteiger partial charge in [0.15, 0.2) is 5.76 Å². The van der Waals surface area contributed by atoms with Crippen molar-refractivity contribution in [3.05, 3.63) is 46.8 Å². The van der Waals surface area contributed by atoms with Gasteiger partial charge in [0.2, 0.25) is 0 Å². The quantitative estimate of drug-likeness (QED) is 0.919. The van der Waals surface area contributed by atoms with E-state index in [1.165, 1.54) is 0 Å². The highest BCUT2D eigenvalue weighted by atomic mass is 16.5. The minimum Gasteiger partial charge on any atom is -0.359 e. The van der Waals surface area contributed by atoms with Gasteiger partial charge in [0, 0.05) is 37.0 Å². The second kappa shape index (κ2) is 6.48. The van der Waals surface area contributed by atoms with Crippen molar-refractivity contribution in [2.24, 2.45) is 0 Å². The maximum absolute atomic E-state index is 13.1. The molecule has 2 aliphatic rings. The lowest BCUT2D eigenvalue weighted by molar-refractivity contribution is 0.0714. The Morgan fingerprint density at radius 1 is 1.27 bits per heavy atom. The molecule has 0 saturated carbocycles. The van der Waals surface area contributed by atoms with E-state index in [-0.39, 0.29) is 18.0 Å². The summed E-state index contributed by atoms with van der Waals surface area (Å²) >= 11 is 0. The lowest BCUT2D eigenvalue weighted by atomic mass is 10.1. The van der Waals surface area contributed by atoms with E-state index in [1.807, 2.05) is 43.0 Å². The topological polar surface area (TPSA) is 78.7 Å². The third kappa shape index (κ3) is 2.83. The van der Waals surface area contributed by atoms with Gasteiger partial charge < -0.3 is 14.7 Å². The van der Waals surface area contributed by atoms with E-state index in [1.54, 1.807) is 4.90 Å². The first-order chi connectivity index (χ1) is 12.5. The molecule has 26 heavy (non-hydrogen) atoms. The fraction of sp³-hybridized carbons (Fsp3) is 0.421. The Labute approximate surface area is 151 Å². The number of hydrogen-bond donors (Lipinski definition) is 1. The zero-order valence-corrected chi connectivity index (χ0v) is 15.0. The van der Waals surface area contributed by atoms with Crippen molar-refractivity contribution >= 4 is 17.6 Å². The van der Waals surface area contributed by atoms with Gasteiger partial charge in [-0.05, 0) is 44.4 Å². The maximum Gasteiger partial charge on any atom is 0.322 e. The molecule has 3 amide bonds. The van der Waals surface area contributed by atoms with Gasteiger partial charge >= 0.3 is 6.03 Å². The van der Waals surface area contributed by atoms with Gasteiger partial charge in [0.25, 0.3) is 5.91 Å². The van der Waals surface area contributed by atoms with Crippen molar-refractivity contribution in [2.45, 2.75) is 32.7 Å². The molecule has 0 bridgehead atoms. The smallest absolute Gasteiger partial charge is 0.322 e. The fourth-order valence-corrected chi connectivity index (χ4v) is 3.75. The van der Waals surface area contributed by atoms with Crippen molar-refractivity contribution < 1.29 is 14.1 Å². The number of carbonyl (C=O) groups is 2. The number of likely N-dealkylation sites (tertiary alicyclic amines) is 1. The predicted octanol–water partition coefficient (Wildman–Crippen LogP) is 2.80. The molecule has 2 saturated heterocycles. The average Bonchev–Trinajstić information content (AvgIpc) is 3.35. The lowest BCUT2D eigenvalue weighted by Gasteiger charge is -2.24. The largest absolute Gasteiger partial charge is 0.359 e. The molecule has 0 radical (unpaired) electrons. The highest BCUT2D eigenvalue weighted by Gasteiger charge is 2.33. The lowest BCUT2D eigenvalue weighted by Crippen LogP contribution is -2.31. The van der Waals surface area contributed by atoms with Crippen LogP contribution in [0.5, 0.6) is 0 Å². The number of benzene rings is 1. The molecule has 2 aromatic rings. The standard InChI is InChI=1S/C19H22N4O3/c1-12-5-6-14(11-16(12)23-9-7-20-19(23)25)18(24)22-8-3-4-15(22)17-10-13(2)21-26-17/h5-6,10-11,15H,3-4,7-9H2,1-2H3,(H,20,25)/t15-/m0/s1. The molecule has 2 fully saturated rings. The molecule has 2 aliphatic heterocycles. The zero-order valence-electron chi connectivity index (χ0n) is 15.0. The van der Waals surface area contributed by atoms with Crippen molar-refractivity contribution in [2.75, 3.05) is 24.5 Å². The highest BCUT2D eigenvalue weighted by Crippen LogP contribution is 2.34. The average molecular weight is 354 g/mol.